The van der Waals surface area contributed by atoms with Gasteiger partial charge in [-0.2, -0.15) is 0 Å². The number of esters is 1. The Kier molecular flexibility index (Phi) is 6.45. The van der Waals surface area contributed by atoms with E-state index in [1.807, 2.05) is 6.26 Å². The summed E-state index contributed by atoms with van der Waals surface area (Å²) in [5.41, 5.74) is 0.396. The van der Waals surface area contributed by atoms with Crippen LogP contribution in [0.25, 0.3) is 0 Å². The Morgan fingerprint density at radius 3 is 2.91 bits per heavy atom. The average Bonchev–Trinajstić information content (AvgIpc) is 2.56. The molecule has 6 heteroatoms. The third-order valence-electron chi connectivity index (χ3n) is 4.57. The van der Waals surface area contributed by atoms with Crippen LogP contribution in [0.4, 0.5) is 0 Å². The molecule has 1 aromatic heterocycles. The van der Waals surface area contributed by atoms with E-state index in [0.717, 1.165) is 12.8 Å². The van der Waals surface area contributed by atoms with Crippen LogP contribution in [0.2, 0.25) is 0 Å². The molecule has 1 aromatic rings. The van der Waals surface area contributed by atoms with Gasteiger partial charge in [0.1, 0.15) is 5.03 Å². The first kappa shape index (κ1) is 17.8. The standard InChI is InChI=1S/C17H24N2O3S/c1-11-6-4-8-14(12(11)2)19-15(20)10-22-17(21)13-7-5-9-18-16(13)23-3/h5,7,9,11-12,14H,4,6,8,10H2,1-3H3,(H,19,20)/t11-,12+,14+/m0/s1. The van der Waals surface area contributed by atoms with Gasteiger partial charge in [-0.1, -0.05) is 26.7 Å². The number of pyridine rings is 1. The average molecular weight is 336 g/mol. The van der Waals surface area contributed by atoms with Crippen molar-refractivity contribution in [1.82, 2.24) is 10.3 Å². The summed E-state index contributed by atoms with van der Waals surface area (Å²) in [6, 6.07) is 3.51. The number of amides is 1. The Hall–Kier alpha value is -1.56. The summed E-state index contributed by atoms with van der Waals surface area (Å²) >= 11 is 1.37. The fourth-order valence-electron chi connectivity index (χ4n) is 2.95. The molecule has 1 aliphatic rings. The van der Waals surface area contributed by atoms with Crippen molar-refractivity contribution in [2.75, 3.05) is 12.9 Å². The molecule has 0 radical (unpaired) electrons. The zero-order chi connectivity index (χ0) is 16.8. The fraction of sp³-hybridized carbons (Fsp3) is 0.588. The Bertz CT molecular complexity index is 565. The smallest absolute Gasteiger partial charge is 0.341 e. The molecule has 0 spiro atoms. The van der Waals surface area contributed by atoms with Crippen molar-refractivity contribution in [1.29, 1.82) is 0 Å². The van der Waals surface area contributed by atoms with Crippen LogP contribution in [0.5, 0.6) is 0 Å². The van der Waals surface area contributed by atoms with Crippen LogP contribution in [0.15, 0.2) is 23.4 Å². The number of hydrogen-bond acceptors (Lipinski definition) is 5. The number of carbonyl (C=O) groups is 2. The third-order valence-corrected chi connectivity index (χ3v) is 5.28. The molecule has 1 amide bonds. The SMILES string of the molecule is CSc1ncccc1C(=O)OCC(=O)N[C@@H]1CCC[C@H](C)[C@H]1C. The highest BCUT2D eigenvalue weighted by Crippen LogP contribution is 2.29. The van der Waals surface area contributed by atoms with E-state index in [9.17, 15) is 9.59 Å². The lowest BCUT2D eigenvalue weighted by Gasteiger charge is -2.34. The Labute approximate surface area is 141 Å². The molecular weight excluding hydrogens is 312 g/mol. The van der Waals surface area contributed by atoms with Crippen molar-refractivity contribution < 1.29 is 14.3 Å². The molecule has 1 N–H and O–H groups in total. The van der Waals surface area contributed by atoms with Crippen LogP contribution in [-0.2, 0) is 9.53 Å². The highest BCUT2D eigenvalue weighted by atomic mass is 32.2. The van der Waals surface area contributed by atoms with Crippen molar-refractivity contribution in [2.24, 2.45) is 11.8 Å². The van der Waals surface area contributed by atoms with E-state index < -0.39 is 5.97 Å². The van der Waals surface area contributed by atoms with Gasteiger partial charge < -0.3 is 10.1 Å². The van der Waals surface area contributed by atoms with Crippen LogP contribution in [0.3, 0.4) is 0 Å². The van der Waals surface area contributed by atoms with Crippen LogP contribution in [0.1, 0.15) is 43.5 Å². The van der Waals surface area contributed by atoms with Gasteiger partial charge in [0.2, 0.25) is 0 Å². The van der Waals surface area contributed by atoms with Crippen LogP contribution in [0, 0.1) is 11.8 Å². The molecule has 5 nitrogen and oxygen atoms in total. The van der Waals surface area contributed by atoms with E-state index in [1.54, 1.807) is 18.3 Å². The number of hydrogen-bond donors (Lipinski definition) is 1. The van der Waals surface area contributed by atoms with E-state index in [1.165, 1.54) is 18.2 Å². The first-order chi connectivity index (χ1) is 11.0. The minimum absolute atomic E-state index is 0.171. The lowest BCUT2D eigenvalue weighted by atomic mass is 9.78. The summed E-state index contributed by atoms with van der Waals surface area (Å²) in [6.45, 7) is 4.13. The molecule has 0 aliphatic heterocycles. The van der Waals surface area contributed by atoms with Gasteiger partial charge in [-0.25, -0.2) is 9.78 Å². The molecule has 126 valence electrons. The molecule has 23 heavy (non-hydrogen) atoms. The maximum atomic E-state index is 12.1. The number of thioether (sulfide) groups is 1. The number of nitrogens with one attached hydrogen (secondary N) is 1. The Morgan fingerprint density at radius 1 is 1.39 bits per heavy atom. The van der Waals surface area contributed by atoms with Crippen molar-refractivity contribution in [3.05, 3.63) is 23.9 Å². The van der Waals surface area contributed by atoms with E-state index in [0.29, 0.717) is 22.4 Å². The third kappa shape index (κ3) is 4.70. The molecule has 1 fully saturated rings. The zero-order valence-electron chi connectivity index (χ0n) is 13.9. The van der Waals surface area contributed by atoms with Crippen molar-refractivity contribution in [3.63, 3.8) is 0 Å². The number of carbonyl (C=O) groups excluding carboxylic acids is 2. The summed E-state index contributed by atoms with van der Waals surface area (Å²) in [6.07, 6.45) is 6.80. The van der Waals surface area contributed by atoms with Gasteiger partial charge in [0.05, 0.1) is 5.56 Å². The first-order valence-corrected chi connectivity index (χ1v) is 9.21. The van der Waals surface area contributed by atoms with Crippen LogP contribution < -0.4 is 5.32 Å². The lowest BCUT2D eigenvalue weighted by molar-refractivity contribution is -0.125. The van der Waals surface area contributed by atoms with Gasteiger partial charge in [0, 0.05) is 12.2 Å². The number of rotatable bonds is 5. The maximum Gasteiger partial charge on any atom is 0.341 e. The van der Waals surface area contributed by atoms with E-state index >= 15 is 0 Å². The lowest BCUT2D eigenvalue weighted by Crippen LogP contribution is -2.45. The highest BCUT2D eigenvalue weighted by Gasteiger charge is 2.28. The van der Waals surface area contributed by atoms with Crippen molar-refractivity contribution >= 4 is 23.6 Å². The number of aromatic nitrogens is 1. The summed E-state index contributed by atoms with van der Waals surface area (Å²) in [5.74, 6) is 0.308. The van der Waals surface area contributed by atoms with Crippen molar-refractivity contribution in [2.45, 2.75) is 44.2 Å². The number of nitrogens with zero attached hydrogens (tertiary/aromatic N) is 1. The predicted molar refractivity (Wildman–Crippen MR) is 90.4 cm³/mol. The van der Waals surface area contributed by atoms with E-state index in [4.69, 9.17) is 4.74 Å². The normalized spacial score (nSPS) is 24.0. The van der Waals surface area contributed by atoms with Crippen LogP contribution in [-0.4, -0.2) is 35.8 Å². The molecule has 2 rings (SSSR count). The van der Waals surface area contributed by atoms with E-state index in [2.05, 4.69) is 24.1 Å². The zero-order valence-corrected chi connectivity index (χ0v) is 14.7. The molecule has 0 aromatic carbocycles. The first-order valence-electron chi connectivity index (χ1n) is 7.98. The van der Waals surface area contributed by atoms with Gasteiger partial charge in [-0.3, -0.25) is 4.79 Å². The summed E-state index contributed by atoms with van der Waals surface area (Å²) in [7, 11) is 0. The minimum atomic E-state index is -0.511. The van der Waals surface area contributed by atoms with Gasteiger partial charge in [-0.15, -0.1) is 11.8 Å². The topological polar surface area (TPSA) is 68.3 Å². The Morgan fingerprint density at radius 2 is 2.17 bits per heavy atom. The highest BCUT2D eigenvalue weighted by molar-refractivity contribution is 7.98. The molecule has 0 saturated heterocycles. The predicted octanol–water partition coefficient (Wildman–Crippen LogP) is 2.90. The molecule has 1 aliphatic carbocycles. The maximum absolute atomic E-state index is 12.1. The Balaban J connectivity index is 1.85. The fourth-order valence-corrected chi connectivity index (χ4v) is 3.49. The molecule has 0 unspecified atom stereocenters. The van der Waals surface area contributed by atoms with Crippen molar-refractivity contribution in [3.8, 4) is 0 Å². The second-order valence-corrected chi connectivity index (χ2v) is 6.87. The van der Waals surface area contributed by atoms with Gasteiger partial charge in [0.15, 0.2) is 6.61 Å². The molecule has 3 atom stereocenters. The number of ether oxygens (including phenoxy) is 1. The molecule has 1 heterocycles. The monoisotopic (exact) mass is 336 g/mol. The summed E-state index contributed by atoms with van der Waals surface area (Å²) < 4.78 is 5.13. The molecule has 1 saturated carbocycles. The summed E-state index contributed by atoms with van der Waals surface area (Å²) in [5, 5.41) is 3.60. The second-order valence-electron chi connectivity index (χ2n) is 6.08. The van der Waals surface area contributed by atoms with E-state index in [-0.39, 0.29) is 18.6 Å². The summed E-state index contributed by atoms with van der Waals surface area (Å²) in [4.78, 5) is 28.2. The quantitative estimate of drug-likeness (QED) is 0.661. The van der Waals surface area contributed by atoms with Gasteiger partial charge in [-0.05, 0) is 36.6 Å². The molecule has 0 bridgehead atoms. The van der Waals surface area contributed by atoms with Crippen LogP contribution >= 0.6 is 11.8 Å². The largest absolute Gasteiger partial charge is 0.452 e. The van der Waals surface area contributed by atoms with Gasteiger partial charge >= 0.3 is 5.97 Å². The molecular formula is C17H24N2O3S. The second kappa shape index (κ2) is 8.34. The van der Waals surface area contributed by atoms with Gasteiger partial charge in [0.25, 0.3) is 5.91 Å². The minimum Gasteiger partial charge on any atom is -0.452 e.